The number of hydrogen-bond donors (Lipinski definition) is 0. The molecule has 2 aromatic rings. The third kappa shape index (κ3) is 2.85. The fourth-order valence-electron chi connectivity index (χ4n) is 4.80. The Morgan fingerprint density at radius 3 is 2.35 bits per heavy atom. The first-order chi connectivity index (χ1) is 12.2. The lowest BCUT2D eigenvalue weighted by atomic mass is 9.80. The summed E-state index contributed by atoms with van der Waals surface area (Å²) < 4.78 is 12.2. The molecule has 4 heteroatoms. The minimum Gasteiger partial charge on any atom is -1.00 e. The molecule has 0 aromatic heterocycles. The van der Waals surface area contributed by atoms with Crippen molar-refractivity contribution in [1.82, 2.24) is 0 Å². The normalized spacial score (nSPS) is 22.9. The van der Waals surface area contributed by atoms with E-state index in [9.17, 15) is 0 Å². The highest BCUT2D eigenvalue weighted by molar-refractivity contribution is 5.52. The van der Waals surface area contributed by atoms with Crippen LogP contribution < -0.4 is 26.5 Å². The largest absolute Gasteiger partial charge is 1.00 e. The number of quaternary nitrogens is 1. The molecule has 2 aliphatic rings. The summed E-state index contributed by atoms with van der Waals surface area (Å²) in [4.78, 5) is 0. The predicted molar refractivity (Wildman–Crippen MR) is 100 cm³/mol. The number of nitrogens with zero attached hydrogens (tertiary/aromatic N) is 1. The molecule has 0 fully saturated rings. The molecule has 0 saturated carbocycles. The molecule has 0 bridgehead atoms. The van der Waals surface area contributed by atoms with Gasteiger partial charge in [-0.2, -0.15) is 0 Å². The predicted octanol–water partition coefficient (Wildman–Crippen LogP) is 0.912. The van der Waals surface area contributed by atoms with Crippen molar-refractivity contribution in [2.75, 3.05) is 33.9 Å². The average Bonchev–Trinajstić information content (AvgIpc) is 2.66. The van der Waals surface area contributed by atoms with Crippen molar-refractivity contribution in [2.24, 2.45) is 0 Å². The van der Waals surface area contributed by atoms with E-state index in [2.05, 4.69) is 49.1 Å². The first kappa shape index (κ1) is 19.0. The van der Waals surface area contributed by atoms with E-state index in [0.717, 1.165) is 41.9 Å². The summed E-state index contributed by atoms with van der Waals surface area (Å²) in [5, 5.41) is 0. The molecule has 2 unspecified atom stereocenters. The summed E-state index contributed by atoms with van der Waals surface area (Å²) in [6.45, 7) is 7.37. The molecular formula is C22H26BrNO2. The first-order valence-electron chi connectivity index (χ1n) is 9.01. The zero-order chi connectivity index (χ0) is 17.4. The number of rotatable bonds is 4. The molecule has 0 amide bonds. The first-order valence-corrected chi connectivity index (χ1v) is 9.01. The maximum atomic E-state index is 5.61. The van der Waals surface area contributed by atoms with Gasteiger partial charge in [0.25, 0.3) is 0 Å². The molecular weight excluding hydrogens is 390 g/mol. The van der Waals surface area contributed by atoms with Crippen LogP contribution in [-0.2, 0) is 12.8 Å². The van der Waals surface area contributed by atoms with E-state index in [1.807, 2.05) is 0 Å². The molecule has 2 heterocycles. The lowest BCUT2D eigenvalue weighted by Crippen LogP contribution is -3.00. The van der Waals surface area contributed by atoms with E-state index in [-0.39, 0.29) is 17.0 Å². The fourth-order valence-corrected chi connectivity index (χ4v) is 4.80. The zero-order valence-electron chi connectivity index (χ0n) is 15.5. The zero-order valence-corrected chi connectivity index (χ0v) is 17.1. The van der Waals surface area contributed by atoms with Crippen LogP contribution in [0.15, 0.2) is 49.1 Å². The van der Waals surface area contributed by atoms with Crippen molar-refractivity contribution < 1.29 is 30.9 Å². The number of benzene rings is 2. The van der Waals surface area contributed by atoms with Crippen LogP contribution in [0.3, 0.4) is 0 Å². The van der Waals surface area contributed by atoms with Crippen molar-refractivity contribution in [2.45, 2.75) is 18.9 Å². The number of ether oxygens (including phenoxy) is 2. The molecule has 0 N–H and O–H groups in total. The highest BCUT2D eigenvalue weighted by atomic mass is 79.9. The minimum absolute atomic E-state index is 0. The second-order valence-electron chi connectivity index (χ2n) is 7.14. The van der Waals surface area contributed by atoms with E-state index in [4.69, 9.17) is 9.47 Å². The molecule has 2 aromatic carbocycles. The van der Waals surface area contributed by atoms with Crippen molar-refractivity contribution in [3.8, 4) is 11.5 Å². The van der Waals surface area contributed by atoms with Gasteiger partial charge in [-0.25, -0.2) is 0 Å². The van der Waals surface area contributed by atoms with Gasteiger partial charge in [-0.15, -0.1) is 0 Å². The van der Waals surface area contributed by atoms with E-state index in [0.29, 0.717) is 6.04 Å². The Hall–Kier alpha value is -1.78. The lowest BCUT2D eigenvalue weighted by molar-refractivity contribution is -0.950. The van der Waals surface area contributed by atoms with Crippen LogP contribution in [0.25, 0.3) is 0 Å². The van der Waals surface area contributed by atoms with Gasteiger partial charge in [-0.3, -0.25) is 0 Å². The molecule has 2 atom stereocenters. The maximum absolute atomic E-state index is 5.61. The monoisotopic (exact) mass is 415 g/mol. The van der Waals surface area contributed by atoms with Crippen LogP contribution in [0.1, 0.15) is 28.3 Å². The number of hydrogen-bond acceptors (Lipinski definition) is 2. The quantitative estimate of drug-likeness (QED) is 0.545. The second-order valence-corrected chi connectivity index (χ2v) is 7.14. The van der Waals surface area contributed by atoms with Gasteiger partial charge in [0, 0.05) is 24.0 Å². The molecule has 138 valence electrons. The summed E-state index contributed by atoms with van der Waals surface area (Å²) in [6.07, 6.45) is 4.30. The van der Waals surface area contributed by atoms with Gasteiger partial charge in [-0.05, 0) is 29.3 Å². The molecule has 0 radical (unpaired) electrons. The average molecular weight is 416 g/mol. The van der Waals surface area contributed by atoms with Gasteiger partial charge in [-0.1, -0.05) is 30.8 Å². The van der Waals surface area contributed by atoms with E-state index >= 15 is 0 Å². The molecule has 0 saturated heterocycles. The highest BCUT2D eigenvalue weighted by Gasteiger charge is 2.46. The van der Waals surface area contributed by atoms with E-state index in [1.165, 1.54) is 28.8 Å². The topological polar surface area (TPSA) is 18.5 Å². The molecule has 3 nitrogen and oxygen atoms in total. The summed E-state index contributed by atoms with van der Waals surface area (Å²) in [5.74, 6) is 1.65. The Morgan fingerprint density at radius 1 is 1.00 bits per heavy atom. The van der Waals surface area contributed by atoms with Gasteiger partial charge < -0.3 is 30.9 Å². The highest BCUT2D eigenvalue weighted by Crippen LogP contribution is 2.47. The van der Waals surface area contributed by atoms with Crippen molar-refractivity contribution in [3.63, 3.8) is 0 Å². The van der Waals surface area contributed by atoms with Crippen LogP contribution in [0.5, 0.6) is 11.5 Å². The standard InChI is InChI=1S/C22H26NO2.BrH/c1-4-11-23-12-9-16-7-5-6-8-18(16)22(23)19-15-21(25-3)20(24-2)14-17(19)10-13-23;/h4-8,14-15,22H,1,9-13H2,2-3H3;1H/q+1;/p-1. The molecule has 2 aliphatic heterocycles. The number of fused-ring (bicyclic) bond motifs is 5. The van der Waals surface area contributed by atoms with Crippen LogP contribution in [0.4, 0.5) is 0 Å². The van der Waals surface area contributed by atoms with Gasteiger partial charge in [0.1, 0.15) is 6.04 Å². The Balaban J connectivity index is 0.00000196. The third-order valence-corrected chi connectivity index (χ3v) is 5.98. The summed E-state index contributed by atoms with van der Waals surface area (Å²) in [6, 6.07) is 13.6. The number of halogens is 1. The van der Waals surface area contributed by atoms with Gasteiger partial charge in [0.15, 0.2) is 11.5 Å². The minimum atomic E-state index is 0. The smallest absolute Gasteiger partial charge is 0.161 e. The molecule has 0 aliphatic carbocycles. The van der Waals surface area contributed by atoms with Gasteiger partial charge >= 0.3 is 0 Å². The fraction of sp³-hybridized carbons (Fsp3) is 0.364. The van der Waals surface area contributed by atoms with Crippen LogP contribution in [0.2, 0.25) is 0 Å². The van der Waals surface area contributed by atoms with Gasteiger partial charge in [0.2, 0.25) is 0 Å². The Labute approximate surface area is 166 Å². The Kier molecular flexibility index (Phi) is 5.44. The second kappa shape index (κ2) is 7.45. The molecule has 4 rings (SSSR count). The summed E-state index contributed by atoms with van der Waals surface area (Å²) >= 11 is 0. The third-order valence-electron chi connectivity index (χ3n) is 5.98. The summed E-state index contributed by atoms with van der Waals surface area (Å²) in [5.41, 5.74) is 5.71. The lowest BCUT2D eigenvalue weighted by Gasteiger charge is -2.51. The van der Waals surface area contributed by atoms with Crippen molar-refractivity contribution in [1.29, 1.82) is 0 Å². The van der Waals surface area contributed by atoms with Crippen LogP contribution >= 0.6 is 0 Å². The van der Waals surface area contributed by atoms with Crippen molar-refractivity contribution in [3.05, 3.63) is 71.3 Å². The van der Waals surface area contributed by atoms with E-state index in [1.54, 1.807) is 14.2 Å². The van der Waals surface area contributed by atoms with E-state index < -0.39 is 0 Å². The van der Waals surface area contributed by atoms with Crippen molar-refractivity contribution >= 4 is 0 Å². The maximum Gasteiger partial charge on any atom is 0.161 e. The van der Waals surface area contributed by atoms with Gasteiger partial charge in [0.05, 0.1) is 33.9 Å². The Bertz CT molecular complexity index is 820. The number of methoxy groups -OCH3 is 2. The molecule has 26 heavy (non-hydrogen) atoms. The summed E-state index contributed by atoms with van der Waals surface area (Å²) in [7, 11) is 3.43. The SMILES string of the molecule is C=CC[N+]12CCc3ccccc3C1c1cc(OC)c(OC)cc1CC2.[Br-]. The van der Waals surface area contributed by atoms with Crippen LogP contribution in [-0.4, -0.2) is 38.3 Å². The van der Waals surface area contributed by atoms with Crippen LogP contribution in [0, 0.1) is 0 Å². The Morgan fingerprint density at radius 2 is 1.65 bits per heavy atom. The molecule has 0 spiro atoms.